The molecular formula is C17H26N2O3. The molecule has 1 unspecified atom stereocenters. The van der Waals surface area contributed by atoms with Crippen molar-refractivity contribution in [3.63, 3.8) is 0 Å². The molecule has 1 aromatic rings. The summed E-state index contributed by atoms with van der Waals surface area (Å²) in [5.41, 5.74) is 6.80. The molecule has 2 atom stereocenters. The predicted molar refractivity (Wildman–Crippen MR) is 86.6 cm³/mol. The molecule has 0 saturated carbocycles. The number of primary amides is 1. The van der Waals surface area contributed by atoms with Gasteiger partial charge in [0, 0.05) is 5.56 Å². The molecule has 0 bridgehead atoms. The maximum Gasteiger partial charge on any atom is 0.404 e. The zero-order valence-corrected chi connectivity index (χ0v) is 13.8. The number of aryl methyl sites for hydroxylation is 1. The first kappa shape index (κ1) is 18.0. The molecule has 0 saturated heterocycles. The molecular weight excluding hydrogens is 280 g/mol. The molecule has 0 fully saturated rings. The molecule has 5 nitrogen and oxygen atoms in total. The lowest BCUT2D eigenvalue weighted by atomic mass is 9.93. The Bertz CT molecular complexity index is 497. The molecule has 22 heavy (non-hydrogen) atoms. The topological polar surface area (TPSA) is 81.4 Å². The average Bonchev–Trinajstić information content (AvgIpc) is 2.42. The lowest BCUT2D eigenvalue weighted by Gasteiger charge is -2.25. The third-order valence-electron chi connectivity index (χ3n) is 3.52. The number of carbonyl (C=O) groups excluding carboxylic acids is 2. The second kappa shape index (κ2) is 8.41. The van der Waals surface area contributed by atoms with E-state index in [1.165, 1.54) is 0 Å². The Labute approximate surface area is 132 Å². The average molecular weight is 306 g/mol. The number of nitrogens with one attached hydrogen (secondary N) is 1. The van der Waals surface area contributed by atoms with Crippen molar-refractivity contribution in [2.45, 2.75) is 40.2 Å². The van der Waals surface area contributed by atoms with Gasteiger partial charge in [0.2, 0.25) is 0 Å². The van der Waals surface area contributed by atoms with Crippen LogP contribution in [0.1, 0.15) is 43.1 Å². The van der Waals surface area contributed by atoms with Gasteiger partial charge in [0.25, 0.3) is 5.91 Å². The number of rotatable bonds is 7. The van der Waals surface area contributed by atoms with Crippen LogP contribution in [-0.4, -0.2) is 24.6 Å². The van der Waals surface area contributed by atoms with Crippen molar-refractivity contribution in [2.24, 2.45) is 17.6 Å². The highest BCUT2D eigenvalue weighted by atomic mass is 16.6. The molecule has 0 aliphatic carbocycles. The lowest BCUT2D eigenvalue weighted by Crippen LogP contribution is -2.40. The molecule has 2 amide bonds. The fourth-order valence-corrected chi connectivity index (χ4v) is 2.40. The Kier molecular flexibility index (Phi) is 6.89. The number of amides is 2. The lowest BCUT2D eigenvalue weighted by molar-refractivity contribution is 0.0620. The van der Waals surface area contributed by atoms with E-state index in [-0.39, 0.29) is 18.4 Å². The van der Waals surface area contributed by atoms with E-state index in [0.717, 1.165) is 12.0 Å². The van der Waals surface area contributed by atoms with E-state index in [2.05, 4.69) is 19.2 Å². The van der Waals surface area contributed by atoms with Crippen molar-refractivity contribution in [2.75, 3.05) is 6.54 Å². The van der Waals surface area contributed by atoms with Gasteiger partial charge in [0.15, 0.2) is 0 Å². The monoisotopic (exact) mass is 306 g/mol. The van der Waals surface area contributed by atoms with Crippen molar-refractivity contribution in [3.8, 4) is 0 Å². The molecule has 0 spiro atoms. The summed E-state index contributed by atoms with van der Waals surface area (Å²) in [5.74, 6) is 0.405. The molecule has 1 rings (SSSR count). The molecule has 0 radical (unpaired) electrons. The summed E-state index contributed by atoms with van der Waals surface area (Å²) in [6, 6.07) is 7.31. The fraction of sp³-hybridized carbons (Fsp3) is 0.529. The Morgan fingerprint density at radius 3 is 2.27 bits per heavy atom. The van der Waals surface area contributed by atoms with Crippen LogP contribution in [0.15, 0.2) is 24.3 Å². The first-order chi connectivity index (χ1) is 10.3. The second-order valence-electron chi connectivity index (χ2n) is 6.16. The normalized spacial score (nSPS) is 13.5. The van der Waals surface area contributed by atoms with Crippen molar-refractivity contribution in [1.82, 2.24) is 5.32 Å². The number of nitrogens with two attached hydrogens (primary N) is 1. The van der Waals surface area contributed by atoms with Crippen LogP contribution in [0.5, 0.6) is 0 Å². The fourth-order valence-electron chi connectivity index (χ4n) is 2.40. The summed E-state index contributed by atoms with van der Waals surface area (Å²) in [4.78, 5) is 23.1. The third-order valence-corrected chi connectivity index (χ3v) is 3.52. The molecule has 5 heteroatoms. The Morgan fingerprint density at radius 2 is 1.77 bits per heavy atom. The summed E-state index contributed by atoms with van der Waals surface area (Å²) in [6.45, 7) is 8.41. The number of carbonyl (C=O) groups is 2. The Hall–Kier alpha value is -2.04. The molecule has 0 aliphatic rings. The maximum atomic E-state index is 12.1. The third kappa shape index (κ3) is 6.16. The summed E-state index contributed by atoms with van der Waals surface area (Å²) < 4.78 is 5.14. The van der Waals surface area contributed by atoms with Crippen molar-refractivity contribution in [3.05, 3.63) is 35.4 Å². The molecule has 1 aromatic carbocycles. The Morgan fingerprint density at radius 1 is 1.18 bits per heavy atom. The van der Waals surface area contributed by atoms with E-state index in [9.17, 15) is 9.59 Å². The van der Waals surface area contributed by atoms with Crippen molar-refractivity contribution >= 4 is 12.0 Å². The first-order valence-electron chi connectivity index (χ1n) is 7.60. The number of benzene rings is 1. The van der Waals surface area contributed by atoms with Gasteiger partial charge in [-0.25, -0.2) is 4.79 Å². The predicted octanol–water partition coefficient (Wildman–Crippen LogP) is 2.87. The zero-order valence-electron chi connectivity index (χ0n) is 13.8. The summed E-state index contributed by atoms with van der Waals surface area (Å²) in [6.07, 6.45) is -0.349. The number of hydrogen-bond acceptors (Lipinski definition) is 3. The molecule has 0 aliphatic heterocycles. The largest absolute Gasteiger partial charge is 0.444 e. The summed E-state index contributed by atoms with van der Waals surface area (Å²) in [5, 5.41) is 2.81. The summed E-state index contributed by atoms with van der Waals surface area (Å²) >= 11 is 0. The minimum Gasteiger partial charge on any atom is -0.444 e. The highest BCUT2D eigenvalue weighted by Crippen LogP contribution is 2.17. The van der Waals surface area contributed by atoms with E-state index >= 15 is 0 Å². The standard InChI is InChI=1S/C17H26N2O3/c1-11(2)9-13(4)15(22-17(18)21)10-19-16(20)14-7-5-12(3)6-8-14/h5-8,11,13,15H,9-10H2,1-4H3,(H2,18,21)(H,19,20)/t13?,15-/m1/s1. The van der Waals surface area contributed by atoms with Gasteiger partial charge in [0.1, 0.15) is 6.10 Å². The van der Waals surface area contributed by atoms with Gasteiger partial charge in [0.05, 0.1) is 6.54 Å². The van der Waals surface area contributed by atoms with Crippen molar-refractivity contribution < 1.29 is 14.3 Å². The zero-order chi connectivity index (χ0) is 16.7. The van der Waals surface area contributed by atoms with E-state index in [4.69, 9.17) is 10.5 Å². The van der Waals surface area contributed by atoms with Crippen LogP contribution in [0.2, 0.25) is 0 Å². The van der Waals surface area contributed by atoms with Gasteiger partial charge in [-0.2, -0.15) is 0 Å². The van der Waals surface area contributed by atoms with Gasteiger partial charge < -0.3 is 15.8 Å². The van der Waals surface area contributed by atoms with E-state index in [0.29, 0.717) is 11.5 Å². The first-order valence-corrected chi connectivity index (χ1v) is 7.60. The van der Waals surface area contributed by atoms with Crippen LogP contribution in [0, 0.1) is 18.8 Å². The highest BCUT2D eigenvalue weighted by Gasteiger charge is 2.22. The van der Waals surface area contributed by atoms with Gasteiger partial charge in [-0.15, -0.1) is 0 Å². The van der Waals surface area contributed by atoms with E-state index in [1.54, 1.807) is 12.1 Å². The van der Waals surface area contributed by atoms with Crippen LogP contribution >= 0.6 is 0 Å². The summed E-state index contributed by atoms with van der Waals surface area (Å²) in [7, 11) is 0. The van der Waals surface area contributed by atoms with Gasteiger partial charge in [-0.05, 0) is 37.3 Å². The highest BCUT2D eigenvalue weighted by molar-refractivity contribution is 5.94. The van der Waals surface area contributed by atoms with Crippen LogP contribution in [0.25, 0.3) is 0 Å². The van der Waals surface area contributed by atoms with E-state index in [1.807, 2.05) is 26.0 Å². The molecule has 122 valence electrons. The smallest absolute Gasteiger partial charge is 0.404 e. The van der Waals surface area contributed by atoms with Crippen LogP contribution in [0.4, 0.5) is 4.79 Å². The van der Waals surface area contributed by atoms with E-state index < -0.39 is 12.2 Å². The minimum absolute atomic E-state index is 0.116. The SMILES string of the molecule is Cc1ccc(C(=O)NC[C@@H](OC(N)=O)C(C)CC(C)C)cc1. The maximum absolute atomic E-state index is 12.1. The quantitative estimate of drug-likeness (QED) is 0.812. The second-order valence-corrected chi connectivity index (χ2v) is 6.16. The molecule has 3 N–H and O–H groups in total. The van der Waals surface area contributed by atoms with Crippen molar-refractivity contribution in [1.29, 1.82) is 0 Å². The van der Waals surface area contributed by atoms with Gasteiger partial charge >= 0.3 is 6.09 Å². The Balaban J connectivity index is 2.63. The van der Waals surface area contributed by atoms with Crippen LogP contribution < -0.4 is 11.1 Å². The van der Waals surface area contributed by atoms with Crippen LogP contribution in [0.3, 0.4) is 0 Å². The molecule has 0 aromatic heterocycles. The number of hydrogen-bond donors (Lipinski definition) is 2. The molecule has 0 heterocycles. The van der Waals surface area contributed by atoms with Gasteiger partial charge in [-0.1, -0.05) is 38.5 Å². The number of ether oxygens (including phenoxy) is 1. The minimum atomic E-state index is -0.815. The van der Waals surface area contributed by atoms with Crippen LogP contribution in [-0.2, 0) is 4.74 Å². The van der Waals surface area contributed by atoms with Gasteiger partial charge in [-0.3, -0.25) is 4.79 Å².